The number of benzene rings is 1. The lowest BCUT2D eigenvalue weighted by atomic mass is 9.78. The van der Waals surface area contributed by atoms with Crippen molar-refractivity contribution in [2.24, 2.45) is 11.8 Å². The summed E-state index contributed by atoms with van der Waals surface area (Å²) in [5.74, 6) is 0.970. The van der Waals surface area contributed by atoms with Crippen molar-refractivity contribution >= 4 is 16.8 Å². The summed E-state index contributed by atoms with van der Waals surface area (Å²) in [5.41, 5.74) is 2.42. The van der Waals surface area contributed by atoms with E-state index in [0.717, 1.165) is 11.2 Å². The number of oxazole rings is 1. The van der Waals surface area contributed by atoms with Gasteiger partial charge >= 0.3 is 5.76 Å². The predicted molar refractivity (Wildman–Crippen MR) is 76.4 cm³/mol. The van der Waals surface area contributed by atoms with Crippen LogP contribution in [0.3, 0.4) is 0 Å². The average molecular weight is 260 g/mol. The van der Waals surface area contributed by atoms with Crippen LogP contribution in [0.25, 0.3) is 11.1 Å². The van der Waals surface area contributed by atoms with Crippen molar-refractivity contribution < 1.29 is 4.42 Å². The number of hydrogen-bond acceptors (Lipinski definition) is 3. The van der Waals surface area contributed by atoms with Gasteiger partial charge in [0.1, 0.15) is 0 Å². The Morgan fingerprint density at radius 1 is 1.26 bits per heavy atom. The van der Waals surface area contributed by atoms with Gasteiger partial charge in [-0.25, -0.2) is 4.79 Å². The van der Waals surface area contributed by atoms with Crippen molar-refractivity contribution in [3.8, 4) is 0 Å². The number of nitrogens with one attached hydrogen (secondary N) is 2. The van der Waals surface area contributed by atoms with E-state index in [0.29, 0.717) is 23.5 Å². The van der Waals surface area contributed by atoms with E-state index in [9.17, 15) is 4.79 Å². The smallest absolute Gasteiger partial charge is 0.408 e. The molecule has 1 aliphatic rings. The Morgan fingerprint density at radius 3 is 2.74 bits per heavy atom. The van der Waals surface area contributed by atoms with Gasteiger partial charge < -0.3 is 9.73 Å². The van der Waals surface area contributed by atoms with Gasteiger partial charge in [0.15, 0.2) is 5.58 Å². The first-order chi connectivity index (χ1) is 9.13. The summed E-state index contributed by atoms with van der Waals surface area (Å²) < 4.78 is 5.02. The Labute approximate surface area is 112 Å². The highest BCUT2D eigenvalue weighted by Crippen LogP contribution is 2.31. The molecule has 1 fully saturated rings. The highest BCUT2D eigenvalue weighted by Gasteiger charge is 2.27. The van der Waals surface area contributed by atoms with Crippen LogP contribution in [0.2, 0.25) is 0 Å². The summed E-state index contributed by atoms with van der Waals surface area (Å²) in [5, 5.41) is 3.62. The molecule has 1 aromatic carbocycles. The van der Waals surface area contributed by atoms with Crippen molar-refractivity contribution in [2.45, 2.75) is 39.2 Å². The summed E-state index contributed by atoms with van der Waals surface area (Å²) >= 11 is 0. The second-order valence-corrected chi connectivity index (χ2v) is 5.78. The summed E-state index contributed by atoms with van der Waals surface area (Å²) in [6.45, 7) is 4.62. The van der Waals surface area contributed by atoms with E-state index in [1.165, 1.54) is 19.3 Å². The molecule has 4 nitrogen and oxygen atoms in total. The van der Waals surface area contributed by atoms with Crippen LogP contribution in [0, 0.1) is 11.8 Å². The van der Waals surface area contributed by atoms with E-state index >= 15 is 0 Å². The summed E-state index contributed by atoms with van der Waals surface area (Å²) in [6.07, 6.45) is 3.90. The number of aromatic nitrogens is 1. The zero-order chi connectivity index (χ0) is 13.4. The minimum atomic E-state index is -0.397. The van der Waals surface area contributed by atoms with Gasteiger partial charge in [-0.1, -0.05) is 20.3 Å². The monoisotopic (exact) mass is 260 g/mol. The van der Waals surface area contributed by atoms with Crippen LogP contribution in [0.1, 0.15) is 33.1 Å². The van der Waals surface area contributed by atoms with Crippen LogP contribution in [-0.2, 0) is 0 Å². The van der Waals surface area contributed by atoms with Gasteiger partial charge in [0.25, 0.3) is 0 Å². The standard InChI is InChI=1S/C15H20N2O2/c1-9-4-3-5-10(2)14(9)16-11-6-7-13-12(8-11)17-15(18)19-13/h6-10,14,16H,3-5H2,1-2H3,(H,17,18). The molecule has 0 saturated heterocycles. The fraction of sp³-hybridized carbons (Fsp3) is 0.533. The van der Waals surface area contributed by atoms with Crippen LogP contribution in [-0.4, -0.2) is 11.0 Å². The Morgan fingerprint density at radius 2 is 2.00 bits per heavy atom. The van der Waals surface area contributed by atoms with Crippen LogP contribution >= 0.6 is 0 Å². The summed E-state index contributed by atoms with van der Waals surface area (Å²) in [7, 11) is 0. The average Bonchev–Trinajstić information content (AvgIpc) is 2.73. The van der Waals surface area contributed by atoms with Crippen LogP contribution in [0.4, 0.5) is 5.69 Å². The quantitative estimate of drug-likeness (QED) is 0.870. The minimum Gasteiger partial charge on any atom is -0.408 e. The molecule has 1 aliphatic carbocycles. The molecule has 3 rings (SSSR count). The maximum Gasteiger partial charge on any atom is 0.417 e. The lowest BCUT2D eigenvalue weighted by Crippen LogP contribution is -2.37. The first kappa shape index (κ1) is 12.3. The highest BCUT2D eigenvalue weighted by atomic mass is 16.4. The van der Waals surface area contributed by atoms with Crippen molar-refractivity contribution in [2.75, 3.05) is 5.32 Å². The number of fused-ring (bicyclic) bond motifs is 1. The Hall–Kier alpha value is -1.71. The van der Waals surface area contributed by atoms with Crippen LogP contribution in [0.15, 0.2) is 27.4 Å². The van der Waals surface area contributed by atoms with E-state index in [1.54, 1.807) is 0 Å². The Bertz CT molecular complexity index is 618. The fourth-order valence-electron chi connectivity index (χ4n) is 3.20. The highest BCUT2D eigenvalue weighted by molar-refractivity contribution is 5.76. The van der Waals surface area contributed by atoms with E-state index in [2.05, 4.69) is 24.1 Å². The van der Waals surface area contributed by atoms with E-state index in [4.69, 9.17) is 4.42 Å². The second-order valence-electron chi connectivity index (χ2n) is 5.78. The van der Waals surface area contributed by atoms with Crippen molar-refractivity contribution in [3.63, 3.8) is 0 Å². The topological polar surface area (TPSA) is 58.0 Å². The van der Waals surface area contributed by atoms with Gasteiger partial charge in [-0.05, 0) is 42.9 Å². The third-order valence-corrected chi connectivity index (χ3v) is 4.30. The normalized spacial score (nSPS) is 27.6. The summed E-state index contributed by atoms with van der Waals surface area (Å²) in [6, 6.07) is 6.28. The Kier molecular flexibility index (Phi) is 3.09. The Balaban J connectivity index is 1.85. The number of hydrogen-bond donors (Lipinski definition) is 2. The molecule has 102 valence electrons. The molecule has 0 spiro atoms. The zero-order valence-corrected chi connectivity index (χ0v) is 11.4. The molecular weight excluding hydrogens is 240 g/mol. The molecule has 1 heterocycles. The fourth-order valence-corrected chi connectivity index (χ4v) is 3.20. The number of H-pyrrole nitrogens is 1. The van der Waals surface area contributed by atoms with Gasteiger partial charge in [0.05, 0.1) is 5.52 Å². The third kappa shape index (κ3) is 2.39. The SMILES string of the molecule is CC1CCCC(C)C1Nc1ccc2oc(=O)[nH]c2c1. The lowest BCUT2D eigenvalue weighted by molar-refractivity contribution is 0.268. The van der Waals surface area contributed by atoms with Crippen molar-refractivity contribution in [3.05, 3.63) is 28.7 Å². The van der Waals surface area contributed by atoms with Gasteiger partial charge in [0, 0.05) is 11.7 Å². The molecule has 2 unspecified atom stereocenters. The minimum absolute atomic E-state index is 0.397. The molecule has 0 bridgehead atoms. The lowest BCUT2D eigenvalue weighted by Gasteiger charge is -2.35. The number of anilines is 1. The molecular formula is C15H20N2O2. The summed E-state index contributed by atoms with van der Waals surface area (Å²) in [4.78, 5) is 13.8. The van der Waals surface area contributed by atoms with E-state index in [-0.39, 0.29) is 0 Å². The largest absolute Gasteiger partial charge is 0.417 e. The molecule has 4 heteroatoms. The van der Waals surface area contributed by atoms with Gasteiger partial charge in [-0.2, -0.15) is 0 Å². The van der Waals surface area contributed by atoms with Crippen molar-refractivity contribution in [1.29, 1.82) is 0 Å². The molecule has 0 aliphatic heterocycles. The molecule has 1 saturated carbocycles. The first-order valence-corrected chi connectivity index (χ1v) is 7.03. The maximum atomic E-state index is 11.2. The number of rotatable bonds is 2. The van der Waals surface area contributed by atoms with Gasteiger partial charge in [-0.15, -0.1) is 0 Å². The first-order valence-electron chi connectivity index (χ1n) is 7.03. The molecule has 1 aromatic heterocycles. The maximum absolute atomic E-state index is 11.2. The molecule has 0 radical (unpaired) electrons. The van der Waals surface area contributed by atoms with Crippen molar-refractivity contribution in [1.82, 2.24) is 4.98 Å². The number of aromatic amines is 1. The zero-order valence-electron chi connectivity index (χ0n) is 11.4. The van der Waals surface area contributed by atoms with Crippen LogP contribution < -0.4 is 11.1 Å². The van der Waals surface area contributed by atoms with Gasteiger partial charge in [0.2, 0.25) is 0 Å². The molecule has 0 amide bonds. The van der Waals surface area contributed by atoms with Gasteiger partial charge in [-0.3, -0.25) is 4.98 Å². The molecule has 2 atom stereocenters. The van der Waals surface area contributed by atoms with E-state index in [1.807, 2.05) is 18.2 Å². The van der Waals surface area contributed by atoms with Crippen LogP contribution in [0.5, 0.6) is 0 Å². The molecule has 2 N–H and O–H groups in total. The van der Waals surface area contributed by atoms with E-state index < -0.39 is 5.76 Å². The predicted octanol–water partition coefficient (Wildman–Crippen LogP) is 3.36. The molecule has 2 aromatic rings. The second kappa shape index (κ2) is 4.76. The third-order valence-electron chi connectivity index (χ3n) is 4.30. The molecule has 19 heavy (non-hydrogen) atoms.